The van der Waals surface area contributed by atoms with Gasteiger partial charge in [0.2, 0.25) is 5.88 Å². The van der Waals surface area contributed by atoms with Gasteiger partial charge in [0, 0.05) is 0 Å². The molecule has 1 rings (SSSR count). The van der Waals surface area contributed by atoms with Gasteiger partial charge < -0.3 is 15.2 Å². The maximum Gasteiger partial charge on any atom is 0.345 e. The van der Waals surface area contributed by atoms with E-state index in [9.17, 15) is 13.6 Å². The van der Waals surface area contributed by atoms with Gasteiger partial charge in [-0.25, -0.2) is 18.6 Å². The SMILES string of the molecule is CCOC(=O)c1c(N)cc(C(F)F)nc1OC. The molecule has 0 saturated heterocycles. The zero-order valence-electron chi connectivity index (χ0n) is 9.37. The van der Waals surface area contributed by atoms with Gasteiger partial charge in [-0.15, -0.1) is 0 Å². The van der Waals surface area contributed by atoms with E-state index in [4.69, 9.17) is 15.2 Å². The minimum Gasteiger partial charge on any atom is -0.480 e. The fourth-order valence-corrected chi connectivity index (χ4v) is 1.23. The van der Waals surface area contributed by atoms with Crippen molar-refractivity contribution in [2.75, 3.05) is 19.5 Å². The number of aromatic nitrogens is 1. The number of nitrogens with two attached hydrogens (primary N) is 1. The number of halogens is 2. The predicted octanol–water partition coefficient (Wildman–Crippen LogP) is 1.79. The van der Waals surface area contributed by atoms with Crippen LogP contribution in [0.15, 0.2) is 6.07 Å². The third kappa shape index (κ3) is 2.80. The number of hydrogen-bond acceptors (Lipinski definition) is 5. The Morgan fingerprint density at radius 1 is 1.59 bits per heavy atom. The Bertz CT molecular complexity index is 424. The van der Waals surface area contributed by atoms with Crippen molar-refractivity contribution in [1.29, 1.82) is 0 Å². The zero-order valence-corrected chi connectivity index (χ0v) is 9.37. The van der Waals surface area contributed by atoms with E-state index in [0.717, 1.165) is 6.07 Å². The molecule has 0 aliphatic carbocycles. The maximum absolute atomic E-state index is 12.5. The molecule has 0 atom stereocenters. The van der Waals surface area contributed by atoms with E-state index in [1.807, 2.05) is 0 Å². The van der Waals surface area contributed by atoms with Gasteiger partial charge >= 0.3 is 5.97 Å². The maximum atomic E-state index is 12.5. The summed E-state index contributed by atoms with van der Waals surface area (Å²) < 4.78 is 34.4. The molecule has 0 aromatic carbocycles. The lowest BCUT2D eigenvalue weighted by atomic mass is 10.2. The lowest BCUT2D eigenvalue weighted by Gasteiger charge is -2.11. The number of carbonyl (C=O) groups is 1. The van der Waals surface area contributed by atoms with E-state index in [-0.39, 0.29) is 23.7 Å². The number of carbonyl (C=O) groups excluding carboxylic acids is 1. The van der Waals surface area contributed by atoms with Crippen LogP contribution in [-0.4, -0.2) is 24.7 Å². The first-order chi connectivity index (χ1) is 8.01. The number of rotatable bonds is 4. The third-order valence-electron chi connectivity index (χ3n) is 1.93. The summed E-state index contributed by atoms with van der Waals surface area (Å²) in [6.45, 7) is 1.75. The quantitative estimate of drug-likeness (QED) is 0.820. The second-order valence-electron chi connectivity index (χ2n) is 3.04. The molecule has 0 saturated carbocycles. The van der Waals surface area contributed by atoms with Crippen LogP contribution in [-0.2, 0) is 4.74 Å². The van der Waals surface area contributed by atoms with Crippen molar-refractivity contribution >= 4 is 11.7 Å². The highest BCUT2D eigenvalue weighted by atomic mass is 19.3. The van der Waals surface area contributed by atoms with E-state index in [1.54, 1.807) is 6.92 Å². The Hall–Kier alpha value is -1.92. The fraction of sp³-hybridized carbons (Fsp3) is 0.400. The van der Waals surface area contributed by atoms with Crippen molar-refractivity contribution in [2.45, 2.75) is 13.3 Å². The molecule has 5 nitrogen and oxygen atoms in total. The molecule has 1 aromatic rings. The number of pyridine rings is 1. The number of methoxy groups -OCH3 is 1. The second kappa shape index (κ2) is 5.42. The molecular formula is C10H12F2N2O3. The van der Waals surface area contributed by atoms with Crippen molar-refractivity contribution in [3.8, 4) is 5.88 Å². The van der Waals surface area contributed by atoms with Gasteiger partial charge in [0.1, 0.15) is 11.3 Å². The summed E-state index contributed by atoms with van der Waals surface area (Å²) in [5, 5.41) is 0. The molecular weight excluding hydrogens is 234 g/mol. The van der Waals surface area contributed by atoms with Gasteiger partial charge in [0.25, 0.3) is 6.43 Å². The summed E-state index contributed by atoms with van der Waals surface area (Å²) in [7, 11) is 1.21. The Labute approximate surface area is 96.5 Å². The van der Waals surface area contributed by atoms with Crippen LogP contribution in [0.4, 0.5) is 14.5 Å². The molecule has 94 valence electrons. The molecule has 7 heteroatoms. The molecule has 0 fully saturated rings. The summed E-state index contributed by atoms with van der Waals surface area (Å²) in [4.78, 5) is 15.0. The van der Waals surface area contributed by atoms with Crippen molar-refractivity contribution in [3.63, 3.8) is 0 Å². The molecule has 0 aliphatic heterocycles. The van der Waals surface area contributed by atoms with Gasteiger partial charge in [0.15, 0.2) is 0 Å². The molecule has 0 radical (unpaired) electrons. The van der Waals surface area contributed by atoms with Gasteiger partial charge in [0.05, 0.1) is 19.4 Å². The number of anilines is 1. The van der Waals surface area contributed by atoms with Crippen LogP contribution >= 0.6 is 0 Å². The molecule has 1 heterocycles. The number of ether oxygens (including phenoxy) is 2. The molecule has 2 N–H and O–H groups in total. The van der Waals surface area contributed by atoms with Crippen LogP contribution in [0.1, 0.15) is 29.4 Å². The van der Waals surface area contributed by atoms with Crippen molar-refractivity contribution in [1.82, 2.24) is 4.98 Å². The Balaban J connectivity index is 3.25. The van der Waals surface area contributed by atoms with E-state index in [2.05, 4.69) is 4.98 Å². The van der Waals surface area contributed by atoms with Crippen LogP contribution < -0.4 is 10.5 Å². The topological polar surface area (TPSA) is 74.4 Å². The van der Waals surface area contributed by atoms with Crippen molar-refractivity contribution in [2.24, 2.45) is 0 Å². The second-order valence-corrected chi connectivity index (χ2v) is 3.04. The highest BCUT2D eigenvalue weighted by Crippen LogP contribution is 2.28. The van der Waals surface area contributed by atoms with Crippen LogP contribution in [0.5, 0.6) is 5.88 Å². The van der Waals surface area contributed by atoms with Crippen molar-refractivity contribution in [3.05, 3.63) is 17.3 Å². The molecule has 0 aliphatic rings. The average molecular weight is 246 g/mol. The minimum absolute atomic E-state index is 0.137. The molecule has 0 amide bonds. The smallest absolute Gasteiger partial charge is 0.345 e. The van der Waals surface area contributed by atoms with Gasteiger partial charge in [-0.05, 0) is 13.0 Å². The fourth-order valence-electron chi connectivity index (χ4n) is 1.23. The highest BCUT2D eigenvalue weighted by Gasteiger charge is 2.22. The van der Waals surface area contributed by atoms with Crippen LogP contribution in [0, 0.1) is 0 Å². The number of nitrogens with zero attached hydrogens (tertiary/aromatic N) is 1. The first-order valence-corrected chi connectivity index (χ1v) is 4.80. The summed E-state index contributed by atoms with van der Waals surface area (Å²) in [6.07, 6.45) is -2.79. The summed E-state index contributed by atoms with van der Waals surface area (Å²) in [5.41, 5.74) is 4.68. The summed E-state index contributed by atoms with van der Waals surface area (Å²) in [5.74, 6) is -1.02. The van der Waals surface area contributed by atoms with Crippen molar-refractivity contribution < 1.29 is 23.0 Å². The number of hydrogen-bond donors (Lipinski definition) is 1. The highest BCUT2D eigenvalue weighted by molar-refractivity contribution is 5.97. The predicted molar refractivity (Wildman–Crippen MR) is 56.1 cm³/mol. The lowest BCUT2D eigenvalue weighted by molar-refractivity contribution is 0.0522. The first-order valence-electron chi connectivity index (χ1n) is 4.80. The largest absolute Gasteiger partial charge is 0.480 e. The number of alkyl halides is 2. The van der Waals surface area contributed by atoms with E-state index >= 15 is 0 Å². The van der Waals surface area contributed by atoms with Gasteiger partial charge in [-0.2, -0.15) is 0 Å². The normalized spacial score (nSPS) is 10.4. The summed E-state index contributed by atoms with van der Waals surface area (Å²) in [6, 6.07) is 0.930. The third-order valence-corrected chi connectivity index (χ3v) is 1.93. The molecule has 0 spiro atoms. The lowest BCUT2D eigenvalue weighted by Crippen LogP contribution is -2.12. The number of nitrogen functional groups attached to an aromatic ring is 1. The Morgan fingerprint density at radius 3 is 2.71 bits per heavy atom. The summed E-state index contributed by atoms with van der Waals surface area (Å²) >= 11 is 0. The standard InChI is InChI=1S/C10H12F2N2O3/c1-3-17-10(15)7-5(13)4-6(8(11)12)14-9(7)16-2/h4,8H,3H2,1-2H3,(H2,13,14). The molecule has 0 unspecified atom stereocenters. The first kappa shape index (κ1) is 13.1. The van der Waals surface area contributed by atoms with Gasteiger partial charge in [-0.1, -0.05) is 0 Å². The monoisotopic (exact) mass is 246 g/mol. The molecule has 17 heavy (non-hydrogen) atoms. The van der Waals surface area contributed by atoms with E-state index < -0.39 is 18.1 Å². The minimum atomic E-state index is -2.79. The van der Waals surface area contributed by atoms with Gasteiger partial charge in [-0.3, -0.25) is 0 Å². The Kier molecular flexibility index (Phi) is 4.19. The van der Waals surface area contributed by atoms with Crippen LogP contribution in [0.3, 0.4) is 0 Å². The van der Waals surface area contributed by atoms with E-state index in [1.165, 1.54) is 7.11 Å². The Morgan fingerprint density at radius 2 is 2.24 bits per heavy atom. The molecule has 0 bridgehead atoms. The average Bonchev–Trinajstić information content (AvgIpc) is 2.27. The van der Waals surface area contributed by atoms with E-state index in [0.29, 0.717) is 0 Å². The molecule has 1 aromatic heterocycles. The van der Waals surface area contributed by atoms with Crippen LogP contribution in [0.25, 0.3) is 0 Å². The van der Waals surface area contributed by atoms with Crippen LogP contribution in [0.2, 0.25) is 0 Å². The number of esters is 1. The zero-order chi connectivity index (χ0) is 13.0.